The molecule has 0 unspecified atom stereocenters. The molecule has 2 aromatic carbocycles. The Morgan fingerprint density at radius 1 is 1.15 bits per heavy atom. The molecule has 1 fully saturated rings. The number of aryl methyl sites for hydroxylation is 1. The van der Waals surface area contributed by atoms with Crippen molar-refractivity contribution in [1.29, 1.82) is 0 Å². The van der Waals surface area contributed by atoms with Crippen molar-refractivity contribution < 1.29 is 9.18 Å². The average molecular weight is 445 g/mol. The van der Waals surface area contributed by atoms with Gasteiger partial charge in [0, 0.05) is 23.7 Å². The van der Waals surface area contributed by atoms with Gasteiger partial charge in [-0.2, -0.15) is 15.0 Å². The van der Waals surface area contributed by atoms with Crippen LogP contribution in [-0.2, 0) is 6.54 Å². The van der Waals surface area contributed by atoms with Crippen LogP contribution in [0.3, 0.4) is 0 Å². The summed E-state index contributed by atoms with van der Waals surface area (Å²) < 4.78 is 15.6. The number of amides is 1. The van der Waals surface area contributed by atoms with Crippen molar-refractivity contribution in [2.24, 2.45) is 0 Å². The van der Waals surface area contributed by atoms with Crippen molar-refractivity contribution in [3.05, 3.63) is 83.6 Å². The summed E-state index contributed by atoms with van der Waals surface area (Å²) in [4.78, 5) is 21.7. The van der Waals surface area contributed by atoms with E-state index in [2.05, 4.69) is 20.5 Å². The van der Waals surface area contributed by atoms with Gasteiger partial charge in [0.05, 0.1) is 30.5 Å². The van der Waals surface area contributed by atoms with Gasteiger partial charge in [0.1, 0.15) is 11.6 Å². The first-order chi connectivity index (χ1) is 16.1. The highest BCUT2D eigenvalue weighted by atomic mass is 19.1. The summed E-state index contributed by atoms with van der Waals surface area (Å²) in [5, 5.41) is 13.4. The highest BCUT2D eigenvalue weighted by Crippen LogP contribution is 2.32. The summed E-state index contributed by atoms with van der Waals surface area (Å²) in [6, 6.07) is 12.7. The van der Waals surface area contributed by atoms with Crippen LogP contribution in [0.1, 0.15) is 34.3 Å². The Morgan fingerprint density at radius 3 is 2.76 bits per heavy atom. The van der Waals surface area contributed by atoms with E-state index in [4.69, 9.17) is 0 Å². The summed E-state index contributed by atoms with van der Waals surface area (Å²) in [6.07, 6.45) is 6.55. The average Bonchev–Trinajstić information content (AvgIpc) is 3.35. The Labute approximate surface area is 191 Å². The molecule has 0 bridgehead atoms. The molecule has 168 valence electrons. The van der Waals surface area contributed by atoms with Crippen LogP contribution in [0, 0.1) is 12.7 Å². The number of carbonyl (C=O) groups excluding carboxylic acids is 1. The normalized spacial score (nSPS) is 16.1. The first-order valence-electron chi connectivity index (χ1n) is 11.1. The molecule has 1 aliphatic rings. The molecule has 5 rings (SSSR count). The Balaban J connectivity index is 1.61. The van der Waals surface area contributed by atoms with E-state index >= 15 is 4.39 Å². The topological polar surface area (TPSA) is 75.9 Å². The molecule has 0 spiro atoms. The van der Waals surface area contributed by atoms with Crippen LogP contribution in [0.4, 0.5) is 10.2 Å². The lowest BCUT2D eigenvalue weighted by atomic mass is 10.0. The summed E-state index contributed by atoms with van der Waals surface area (Å²) >= 11 is 0. The van der Waals surface area contributed by atoms with E-state index < -0.39 is 5.82 Å². The number of aromatic nitrogens is 4. The van der Waals surface area contributed by atoms with Crippen molar-refractivity contribution in [2.75, 3.05) is 18.0 Å². The van der Waals surface area contributed by atoms with Gasteiger partial charge < -0.3 is 5.32 Å². The highest BCUT2D eigenvalue weighted by Gasteiger charge is 2.32. The minimum Gasteiger partial charge on any atom is -0.315 e. The zero-order valence-electron chi connectivity index (χ0n) is 18.4. The van der Waals surface area contributed by atoms with Crippen LogP contribution in [0.5, 0.6) is 0 Å². The fraction of sp³-hybridized carbons (Fsp3) is 0.280. The molecule has 0 aliphatic carbocycles. The smallest absolute Gasteiger partial charge is 0.262 e. The van der Waals surface area contributed by atoms with E-state index in [-0.39, 0.29) is 24.1 Å². The largest absolute Gasteiger partial charge is 0.315 e. The molecule has 33 heavy (non-hydrogen) atoms. The number of hydrogen-bond acceptors (Lipinski definition) is 5. The molecule has 1 aliphatic heterocycles. The number of pyridine rings is 1. The molecule has 3 heterocycles. The van der Waals surface area contributed by atoms with E-state index in [0.29, 0.717) is 17.9 Å². The quantitative estimate of drug-likeness (QED) is 0.508. The van der Waals surface area contributed by atoms with E-state index in [9.17, 15) is 4.79 Å². The van der Waals surface area contributed by atoms with Gasteiger partial charge in [0.25, 0.3) is 5.91 Å². The molecule has 0 saturated carbocycles. The summed E-state index contributed by atoms with van der Waals surface area (Å²) in [7, 11) is 0. The van der Waals surface area contributed by atoms with Crippen molar-refractivity contribution in [3.8, 4) is 0 Å². The van der Waals surface area contributed by atoms with Crippen LogP contribution in [0.15, 0.2) is 61.1 Å². The Hall–Kier alpha value is -3.65. The number of rotatable bonds is 5. The molecule has 7 nitrogen and oxygen atoms in total. The molecular weight excluding hydrogens is 419 g/mol. The van der Waals surface area contributed by atoms with E-state index in [1.165, 1.54) is 4.80 Å². The summed E-state index contributed by atoms with van der Waals surface area (Å²) in [6.45, 7) is 3.69. The lowest BCUT2D eigenvalue weighted by Gasteiger charge is -2.35. The van der Waals surface area contributed by atoms with Crippen LogP contribution >= 0.6 is 0 Å². The third-order valence-corrected chi connectivity index (χ3v) is 6.15. The van der Waals surface area contributed by atoms with Gasteiger partial charge in [-0.25, -0.2) is 9.37 Å². The second-order valence-electron chi connectivity index (χ2n) is 8.32. The summed E-state index contributed by atoms with van der Waals surface area (Å²) in [5.41, 5.74) is 1.41. The number of carbonyl (C=O) groups is 1. The van der Waals surface area contributed by atoms with Gasteiger partial charge >= 0.3 is 0 Å². The number of benzene rings is 2. The summed E-state index contributed by atoms with van der Waals surface area (Å²) in [5.74, 6) is -0.367. The molecule has 4 aromatic rings. The standard InChI is InChI=1S/C25H25FN6O/c1-17-5-2-6-18-10-12-28-24(22(17)18)32(20-8-4-11-27-15-20)25(33)21-9-3-7-19(23(21)26)16-31-29-13-14-30-31/h2-3,5-7,9-10,12-14,20,27H,4,8,11,15-16H2,1H3/t20-/m1/s1. The molecule has 1 amide bonds. The van der Waals surface area contributed by atoms with E-state index in [0.717, 1.165) is 35.7 Å². The molecule has 2 aromatic heterocycles. The monoisotopic (exact) mass is 444 g/mol. The molecular formula is C25H25FN6O. The van der Waals surface area contributed by atoms with Crippen LogP contribution < -0.4 is 10.2 Å². The van der Waals surface area contributed by atoms with Crippen LogP contribution in [0.2, 0.25) is 0 Å². The first-order valence-corrected chi connectivity index (χ1v) is 11.1. The fourth-order valence-corrected chi connectivity index (χ4v) is 4.53. The minimum atomic E-state index is -0.550. The third kappa shape index (κ3) is 4.09. The lowest BCUT2D eigenvalue weighted by molar-refractivity contribution is 0.0967. The van der Waals surface area contributed by atoms with Crippen LogP contribution in [-0.4, -0.2) is 45.0 Å². The Kier molecular flexibility index (Phi) is 5.83. The zero-order chi connectivity index (χ0) is 22.8. The van der Waals surface area contributed by atoms with Gasteiger partial charge in [-0.3, -0.25) is 9.69 Å². The molecule has 1 saturated heterocycles. The zero-order valence-corrected chi connectivity index (χ0v) is 18.4. The van der Waals surface area contributed by atoms with Crippen molar-refractivity contribution in [3.63, 3.8) is 0 Å². The molecule has 0 radical (unpaired) electrons. The minimum absolute atomic E-state index is 0.0256. The molecule has 8 heteroatoms. The third-order valence-electron chi connectivity index (χ3n) is 6.15. The van der Waals surface area contributed by atoms with Gasteiger partial charge in [-0.05, 0) is 49.4 Å². The highest BCUT2D eigenvalue weighted by molar-refractivity contribution is 6.11. The molecule has 1 N–H and O–H groups in total. The van der Waals surface area contributed by atoms with Crippen LogP contribution in [0.25, 0.3) is 10.8 Å². The van der Waals surface area contributed by atoms with Gasteiger partial charge in [0.2, 0.25) is 0 Å². The van der Waals surface area contributed by atoms with E-state index in [1.807, 2.05) is 31.2 Å². The maximum atomic E-state index is 15.6. The number of fused-ring (bicyclic) bond motifs is 1. The van der Waals surface area contributed by atoms with Gasteiger partial charge in [-0.1, -0.05) is 30.3 Å². The fourth-order valence-electron chi connectivity index (χ4n) is 4.53. The van der Waals surface area contributed by atoms with Crippen molar-refractivity contribution in [1.82, 2.24) is 25.3 Å². The lowest BCUT2D eigenvalue weighted by Crippen LogP contribution is -2.49. The first kappa shape index (κ1) is 21.2. The number of nitrogens with zero attached hydrogens (tertiary/aromatic N) is 5. The number of piperidine rings is 1. The van der Waals surface area contributed by atoms with E-state index in [1.54, 1.807) is 41.7 Å². The number of nitrogens with one attached hydrogen (secondary N) is 1. The van der Waals surface area contributed by atoms with Crippen molar-refractivity contribution in [2.45, 2.75) is 32.4 Å². The maximum absolute atomic E-state index is 15.6. The second-order valence-corrected chi connectivity index (χ2v) is 8.32. The second kappa shape index (κ2) is 9.07. The number of halogens is 1. The number of hydrogen-bond donors (Lipinski definition) is 1. The predicted molar refractivity (Wildman–Crippen MR) is 125 cm³/mol. The maximum Gasteiger partial charge on any atom is 0.262 e. The number of anilines is 1. The van der Waals surface area contributed by atoms with Gasteiger partial charge in [0.15, 0.2) is 0 Å². The SMILES string of the molecule is Cc1cccc2ccnc(N(C(=O)c3cccc(Cn4nccn4)c3F)[C@@H]3CCCNC3)c12. The van der Waals surface area contributed by atoms with Gasteiger partial charge in [-0.15, -0.1) is 0 Å². The molecule has 1 atom stereocenters. The Bertz CT molecular complexity index is 1280. The van der Waals surface area contributed by atoms with Crippen molar-refractivity contribution >= 4 is 22.5 Å². The Morgan fingerprint density at radius 2 is 1.97 bits per heavy atom. The predicted octanol–water partition coefficient (Wildman–Crippen LogP) is 3.72.